The molecule has 19 heavy (non-hydrogen) atoms. The van der Waals surface area contributed by atoms with Gasteiger partial charge in [0.25, 0.3) is 0 Å². The van der Waals surface area contributed by atoms with Gasteiger partial charge in [-0.2, -0.15) is 0 Å². The lowest BCUT2D eigenvalue weighted by molar-refractivity contribution is 1.30. The average Bonchev–Trinajstić information content (AvgIpc) is 2.81. The molecule has 0 saturated heterocycles. The van der Waals surface area contributed by atoms with E-state index in [1.165, 1.54) is 5.19 Å². The van der Waals surface area contributed by atoms with E-state index in [4.69, 9.17) is 0 Å². The highest BCUT2D eigenvalue weighted by Gasteiger charge is 2.16. The summed E-state index contributed by atoms with van der Waals surface area (Å²) in [6.07, 6.45) is 1.78. The number of hydrogen-bond donors (Lipinski definition) is 1. The van der Waals surface area contributed by atoms with E-state index < -0.39 is 8.07 Å². The minimum Gasteiger partial charge on any atom is -0.323 e. The van der Waals surface area contributed by atoms with Crippen molar-refractivity contribution < 1.29 is 0 Å². The van der Waals surface area contributed by atoms with Crippen LogP contribution >= 0.6 is 0 Å². The number of rotatable bonds is 2. The molecule has 0 unspecified atom stereocenters. The summed E-state index contributed by atoms with van der Waals surface area (Å²) in [5, 5.41) is 1.46. The average molecular weight is 267 g/mol. The maximum Gasteiger partial charge on any atom is 0.157 e. The Morgan fingerprint density at radius 1 is 1.00 bits per heavy atom. The zero-order chi connectivity index (χ0) is 13.5. The summed E-state index contributed by atoms with van der Waals surface area (Å²) < 4.78 is 0. The Balaban J connectivity index is 2.02. The number of pyridine rings is 1. The number of H-pyrrole nitrogens is 1. The van der Waals surface area contributed by atoms with E-state index in [1.807, 2.05) is 12.1 Å². The molecule has 3 aromatic rings. The normalized spacial score (nSPS) is 11.9. The third-order valence-corrected chi connectivity index (χ3v) is 5.35. The second kappa shape index (κ2) is 4.31. The predicted octanol–water partition coefficient (Wildman–Crippen LogP) is 3.17. The number of fused-ring (bicyclic) bond motifs is 1. The number of hydrogen-bond acceptors (Lipinski definition) is 2. The molecule has 1 aromatic carbocycles. The first-order chi connectivity index (χ1) is 9.04. The van der Waals surface area contributed by atoms with Crippen LogP contribution in [-0.2, 0) is 0 Å². The maximum absolute atomic E-state index is 4.57. The van der Waals surface area contributed by atoms with Crippen molar-refractivity contribution in [3.8, 4) is 11.4 Å². The van der Waals surface area contributed by atoms with Crippen molar-refractivity contribution >= 4 is 24.4 Å². The fourth-order valence-corrected chi connectivity index (χ4v) is 3.28. The van der Waals surface area contributed by atoms with Crippen LogP contribution in [-0.4, -0.2) is 23.0 Å². The number of nitrogens with one attached hydrogen (secondary N) is 1. The molecule has 0 aliphatic heterocycles. The van der Waals surface area contributed by atoms with Gasteiger partial charge >= 0.3 is 0 Å². The van der Waals surface area contributed by atoms with Crippen molar-refractivity contribution in [3.63, 3.8) is 0 Å². The molecule has 3 nitrogen and oxygen atoms in total. The Kier molecular flexibility index (Phi) is 2.75. The first kappa shape index (κ1) is 12.1. The zero-order valence-corrected chi connectivity index (χ0v) is 12.4. The summed E-state index contributed by atoms with van der Waals surface area (Å²) in [6.45, 7) is 7.06. The molecule has 4 heteroatoms. The van der Waals surface area contributed by atoms with Crippen molar-refractivity contribution in [3.05, 3.63) is 42.6 Å². The summed E-state index contributed by atoms with van der Waals surface area (Å²) in [7, 11) is -1.23. The topological polar surface area (TPSA) is 41.6 Å². The highest BCUT2D eigenvalue weighted by Crippen LogP contribution is 2.18. The van der Waals surface area contributed by atoms with Gasteiger partial charge in [0.15, 0.2) is 5.65 Å². The van der Waals surface area contributed by atoms with Gasteiger partial charge < -0.3 is 4.98 Å². The lowest BCUT2D eigenvalue weighted by Crippen LogP contribution is -2.37. The van der Waals surface area contributed by atoms with Crippen LogP contribution in [0.3, 0.4) is 0 Å². The summed E-state index contributed by atoms with van der Waals surface area (Å²) in [5.74, 6) is 0.885. The van der Waals surface area contributed by atoms with Crippen LogP contribution in [0, 0.1) is 0 Å². The molecule has 96 valence electrons. The Hall–Kier alpha value is -1.94. The third kappa shape index (κ3) is 2.31. The second-order valence-corrected chi connectivity index (χ2v) is 10.9. The Bertz CT molecular complexity index is 675. The Morgan fingerprint density at radius 2 is 1.74 bits per heavy atom. The molecule has 0 radical (unpaired) electrons. The lowest BCUT2D eigenvalue weighted by Gasteiger charge is -2.16. The van der Waals surface area contributed by atoms with Gasteiger partial charge in [0.1, 0.15) is 11.3 Å². The van der Waals surface area contributed by atoms with Gasteiger partial charge in [0, 0.05) is 11.8 Å². The highest BCUT2D eigenvalue weighted by molar-refractivity contribution is 6.88. The van der Waals surface area contributed by atoms with Crippen LogP contribution in [0.25, 0.3) is 22.6 Å². The van der Waals surface area contributed by atoms with Crippen LogP contribution in [0.1, 0.15) is 0 Å². The monoisotopic (exact) mass is 267 g/mol. The summed E-state index contributed by atoms with van der Waals surface area (Å²) >= 11 is 0. The summed E-state index contributed by atoms with van der Waals surface area (Å²) in [5.41, 5.74) is 2.86. The molecule has 0 amide bonds. The van der Waals surface area contributed by atoms with Gasteiger partial charge in [-0.1, -0.05) is 49.1 Å². The highest BCUT2D eigenvalue weighted by atomic mass is 28.3. The number of nitrogens with zero attached hydrogens (tertiary/aromatic N) is 2. The van der Waals surface area contributed by atoms with Crippen LogP contribution in [0.5, 0.6) is 0 Å². The molecular weight excluding hydrogens is 250 g/mol. The van der Waals surface area contributed by atoms with Gasteiger partial charge in [0.05, 0.1) is 8.07 Å². The fourth-order valence-electron chi connectivity index (χ4n) is 2.11. The van der Waals surface area contributed by atoms with Gasteiger partial charge in [-0.05, 0) is 12.1 Å². The second-order valence-electron chi connectivity index (χ2n) is 5.78. The lowest BCUT2D eigenvalue weighted by atomic mass is 10.2. The maximum atomic E-state index is 4.57. The smallest absolute Gasteiger partial charge is 0.157 e. The molecule has 3 rings (SSSR count). The molecule has 0 atom stereocenters. The quantitative estimate of drug-likeness (QED) is 0.725. The minimum atomic E-state index is -1.23. The van der Waals surface area contributed by atoms with E-state index >= 15 is 0 Å². The molecular formula is C15H17N3Si. The van der Waals surface area contributed by atoms with Crippen molar-refractivity contribution in [1.29, 1.82) is 0 Å². The van der Waals surface area contributed by atoms with Crippen LogP contribution < -0.4 is 5.19 Å². The molecule has 0 bridgehead atoms. The van der Waals surface area contributed by atoms with Crippen molar-refractivity contribution in [2.24, 2.45) is 0 Å². The molecule has 0 spiro atoms. The van der Waals surface area contributed by atoms with Crippen molar-refractivity contribution in [2.45, 2.75) is 19.6 Å². The van der Waals surface area contributed by atoms with Crippen LogP contribution in [0.4, 0.5) is 0 Å². The van der Waals surface area contributed by atoms with Gasteiger partial charge in [-0.25, -0.2) is 9.97 Å². The predicted molar refractivity (Wildman–Crippen MR) is 82.3 cm³/mol. The van der Waals surface area contributed by atoms with Crippen LogP contribution in [0.2, 0.25) is 19.6 Å². The first-order valence-electron chi connectivity index (χ1n) is 6.46. The Labute approximate surface area is 113 Å². The van der Waals surface area contributed by atoms with E-state index in [1.54, 1.807) is 6.20 Å². The van der Waals surface area contributed by atoms with E-state index in [9.17, 15) is 0 Å². The molecule has 2 heterocycles. The van der Waals surface area contributed by atoms with Crippen LogP contribution in [0.15, 0.2) is 42.6 Å². The molecule has 0 saturated carbocycles. The fraction of sp³-hybridized carbons (Fsp3) is 0.200. The van der Waals surface area contributed by atoms with Gasteiger partial charge in [0.2, 0.25) is 0 Å². The molecule has 2 aromatic heterocycles. The Morgan fingerprint density at radius 3 is 2.37 bits per heavy atom. The minimum absolute atomic E-state index is 0.840. The standard InChI is InChI=1S/C15H17N3Si/c1-19(2,3)12-8-6-11(7-9-12)14-17-13-5-4-10-16-15(13)18-14/h4-10H,1-3H3,(H,16,17,18). The number of aromatic nitrogens is 3. The molecule has 0 aliphatic rings. The molecule has 0 aliphatic carbocycles. The van der Waals surface area contributed by atoms with Crippen molar-refractivity contribution in [2.75, 3.05) is 0 Å². The SMILES string of the molecule is C[Si](C)(C)c1ccc(-c2nc3cccnc3[nH]2)cc1. The van der Waals surface area contributed by atoms with Gasteiger partial charge in [-0.3, -0.25) is 0 Å². The number of imidazole rings is 1. The van der Waals surface area contributed by atoms with E-state index in [0.717, 1.165) is 22.6 Å². The van der Waals surface area contributed by atoms with Crippen molar-refractivity contribution in [1.82, 2.24) is 15.0 Å². The summed E-state index contributed by atoms with van der Waals surface area (Å²) in [4.78, 5) is 12.1. The first-order valence-corrected chi connectivity index (χ1v) is 9.96. The van der Waals surface area contributed by atoms with Gasteiger partial charge in [-0.15, -0.1) is 0 Å². The number of aromatic amines is 1. The van der Waals surface area contributed by atoms with E-state index in [-0.39, 0.29) is 0 Å². The number of benzene rings is 1. The molecule has 1 N–H and O–H groups in total. The largest absolute Gasteiger partial charge is 0.323 e. The van der Waals surface area contributed by atoms with E-state index in [0.29, 0.717) is 0 Å². The third-order valence-electron chi connectivity index (χ3n) is 3.28. The molecule has 0 fully saturated rings. The van der Waals surface area contributed by atoms with E-state index in [2.05, 4.69) is 58.9 Å². The zero-order valence-electron chi connectivity index (χ0n) is 11.4. The summed E-state index contributed by atoms with van der Waals surface area (Å²) in [6, 6.07) is 12.6.